The minimum Gasteiger partial charge on any atom is -0.448 e. The number of rotatable bonds is 5. The second-order valence-corrected chi connectivity index (χ2v) is 5.71. The minimum absolute atomic E-state index is 0.256. The Labute approximate surface area is 129 Å². The van der Waals surface area contributed by atoms with Crippen molar-refractivity contribution in [2.45, 2.75) is 32.1 Å². The smallest absolute Gasteiger partial charge is 0.193 e. The fourth-order valence-electron chi connectivity index (χ4n) is 2.64. The van der Waals surface area contributed by atoms with Gasteiger partial charge in [-0.25, -0.2) is 0 Å². The van der Waals surface area contributed by atoms with E-state index in [2.05, 4.69) is 9.88 Å². The van der Waals surface area contributed by atoms with Crippen LogP contribution in [0.15, 0.2) is 40.9 Å². The molecule has 0 bridgehead atoms. The van der Waals surface area contributed by atoms with Crippen LogP contribution in [-0.2, 0) is 17.9 Å². The van der Waals surface area contributed by atoms with Gasteiger partial charge in [-0.2, -0.15) is 0 Å². The summed E-state index contributed by atoms with van der Waals surface area (Å²) in [4.78, 5) is 6.63. The van der Waals surface area contributed by atoms with Crippen molar-refractivity contribution in [1.29, 1.82) is 0 Å². The number of piperidine rings is 1. The standard InChI is InChI=1S/C16H19ClN2O2/c17-16-7-6-15(21-16)11-19-9-3-5-14(10-19)20-12-13-4-1-2-8-18-13/h1-2,4,6-8,14H,3,5,9-12H2. The predicted molar refractivity (Wildman–Crippen MR) is 81.0 cm³/mol. The Hall–Kier alpha value is -1.36. The van der Waals surface area contributed by atoms with Crippen LogP contribution in [0, 0.1) is 0 Å². The lowest BCUT2D eigenvalue weighted by Crippen LogP contribution is -2.39. The van der Waals surface area contributed by atoms with E-state index in [-0.39, 0.29) is 6.10 Å². The Morgan fingerprint density at radius 3 is 3.05 bits per heavy atom. The van der Waals surface area contributed by atoms with Crippen LogP contribution < -0.4 is 0 Å². The highest BCUT2D eigenvalue weighted by Crippen LogP contribution is 2.19. The number of halogens is 1. The lowest BCUT2D eigenvalue weighted by atomic mass is 10.1. The average Bonchev–Trinajstić information content (AvgIpc) is 2.92. The van der Waals surface area contributed by atoms with Crippen LogP contribution in [0.25, 0.3) is 0 Å². The normalized spacial score (nSPS) is 19.8. The quantitative estimate of drug-likeness (QED) is 0.847. The summed E-state index contributed by atoms with van der Waals surface area (Å²) in [5.41, 5.74) is 0.979. The molecule has 4 nitrogen and oxygen atoms in total. The van der Waals surface area contributed by atoms with Crippen molar-refractivity contribution in [1.82, 2.24) is 9.88 Å². The first-order chi connectivity index (χ1) is 10.3. The summed E-state index contributed by atoms with van der Waals surface area (Å²) in [6.45, 7) is 3.36. The van der Waals surface area contributed by atoms with Gasteiger partial charge in [0.25, 0.3) is 0 Å². The van der Waals surface area contributed by atoms with Crippen LogP contribution in [0.4, 0.5) is 0 Å². The van der Waals surface area contributed by atoms with E-state index >= 15 is 0 Å². The van der Waals surface area contributed by atoms with Gasteiger partial charge in [0, 0.05) is 12.7 Å². The molecule has 1 atom stereocenters. The van der Waals surface area contributed by atoms with E-state index in [0.29, 0.717) is 11.8 Å². The van der Waals surface area contributed by atoms with Crippen molar-refractivity contribution in [2.75, 3.05) is 13.1 Å². The molecule has 5 heteroatoms. The number of likely N-dealkylation sites (tertiary alicyclic amines) is 1. The molecule has 3 rings (SSSR count). The van der Waals surface area contributed by atoms with Gasteiger partial charge >= 0.3 is 0 Å². The molecule has 2 aromatic rings. The van der Waals surface area contributed by atoms with Gasteiger partial charge in [0.1, 0.15) is 5.76 Å². The lowest BCUT2D eigenvalue weighted by Gasteiger charge is -2.31. The highest BCUT2D eigenvalue weighted by Gasteiger charge is 2.21. The lowest BCUT2D eigenvalue weighted by molar-refractivity contribution is -0.0146. The van der Waals surface area contributed by atoms with E-state index in [4.69, 9.17) is 20.8 Å². The third-order valence-corrected chi connectivity index (χ3v) is 3.87. The van der Waals surface area contributed by atoms with Crippen molar-refractivity contribution in [3.05, 3.63) is 53.2 Å². The van der Waals surface area contributed by atoms with Gasteiger partial charge in [-0.1, -0.05) is 6.07 Å². The van der Waals surface area contributed by atoms with Crippen LogP contribution in [0.3, 0.4) is 0 Å². The second-order valence-electron chi connectivity index (χ2n) is 5.34. The van der Waals surface area contributed by atoms with Crippen LogP contribution in [0.2, 0.25) is 5.22 Å². The summed E-state index contributed by atoms with van der Waals surface area (Å²) in [7, 11) is 0. The van der Waals surface area contributed by atoms with Crippen LogP contribution >= 0.6 is 11.6 Å². The SMILES string of the molecule is Clc1ccc(CN2CCCC(OCc3ccccn3)C2)o1. The maximum Gasteiger partial charge on any atom is 0.193 e. The molecule has 112 valence electrons. The third kappa shape index (κ3) is 4.30. The number of nitrogens with zero attached hydrogens (tertiary/aromatic N) is 2. The number of furan rings is 1. The Morgan fingerprint density at radius 1 is 1.33 bits per heavy atom. The zero-order valence-corrected chi connectivity index (χ0v) is 12.6. The summed E-state index contributed by atoms with van der Waals surface area (Å²) >= 11 is 5.81. The van der Waals surface area contributed by atoms with E-state index in [9.17, 15) is 0 Å². The molecule has 0 N–H and O–H groups in total. The van der Waals surface area contributed by atoms with Crippen LogP contribution in [0.1, 0.15) is 24.3 Å². The Morgan fingerprint density at radius 2 is 2.29 bits per heavy atom. The fourth-order valence-corrected chi connectivity index (χ4v) is 2.80. The maximum atomic E-state index is 5.98. The summed E-state index contributed by atoms with van der Waals surface area (Å²) in [6, 6.07) is 9.61. The molecule has 1 saturated heterocycles. The summed E-state index contributed by atoms with van der Waals surface area (Å²) in [5, 5.41) is 0.449. The minimum atomic E-state index is 0.256. The molecule has 0 spiro atoms. The molecule has 0 aliphatic carbocycles. The fraction of sp³-hybridized carbons (Fsp3) is 0.438. The number of pyridine rings is 1. The zero-order valence-electron chi connectivity index (χ0n) is 11.9. The Kier molecular flexibility index (Phi) is 4.91. The number of hydrogen-bond donors (Lipinski definition) is 0. The summed E-state index contributed by atoms with van der Waals surface area (Å²) < 4.78 is 11.4. The molecule has 1 aliphatic rings. The van der Waals surface area contributed by atoms with Crippen molar-refractivity contribution in [3.8, 4) is 0 Å². The number of ether oxygens (including phenoxy) is 1. The van der Waals surface area contributed by atoms with Gasteiger partial charge in [0.05, 0.1) is 24.9 Å². The second kappa shape index (κ2) is 7.07. The first kappa shape index (κ1) is 14.6. The molecule has 1 fully saturated rings. The Bertz CT molecular complexity index is 558. The van der Waals surface area contributed by atoms with Crippen molar-refractivity contribution >= 4 is 11.6 Å². The molecule has 0 radical (unpaired) electrons. The van der Waals surface area contributed by atoms with E-state index in [1.165, 1.54) is 0 Å². The van der Waals surface area contributed by atoms with E-state index in [1.807, 2.05) is 24.3 Å². The third-order valence-electron chi connectivity index (χ3n) is 3.66. The molecule has 3 heterocycles. The van der Waals surface area contributed by atoms with Crippen molar-refractivity contribution < 1.29 is 9.15 Å². The summed E-state index contributed by atoms with van der Waals surface area (Å²) in [6.07, 6.45) is 4.29. The van der Waals surface area contributed by atoms with Gasteiger partial charge in [-0.3, -0.25) is 9.88 Å². The molecule has 2 aromatic heterocycles. The molecule has 1 aliphatic heterocycles. The number of hydrogen-bond acceptors (Lipinski definition) is 4. The topological polar surface area (TPSA) is 38.5 Å². The van der Waals surface area contributed by atoms with E-state index < -0.39 is 0 Å². The average molecular weight is 307 g/mol. The molecule has 1 unspecified atom stereocenters. The summed E-state index contributed by atoms with van der Waals surface area (Å²) in [5.74, 6) is 0.908. The van der Waals surface area contributed by atoms with E-state index in [1.54, 1.807) is 12.3 Å². The highest BCUT2D eigenvalue weighted by atomic mass is 35.5. The Balaban J connectivity index is 1.49. The highest BCUT2D eigenvalue weighted by molar-refractivity contribution is 6.28. The molecular formula is C16H19ClN2O2. The maximum absolute atomic E-state index is 5.98. The van der Waals surface area contributed by atoms with Gasteiger partial charge in [-0.15, -0.1) is 0 Å². The van der Waals surface area contributed by atoms with Gasteiger partial charge in [0.2, 0.25) is 0 Å². The predicted octanol–water partition coefficient (Wildman–Crippen LogP) is 3.51. The number of aromatic nitrogens is 1. The van der Waals surface area contributed by atoms with Gasteiger partial charge in [-0.05, 0) is 55.3 Å². The monoisotopic (exact) mass is 306 g/mol. The first-order valence-electron chi connectivity index (χ1n) is 7.28. The van der Waals surface area contributed by atoms with Gasteiger partial charge in [0.15, 0.2) is 5.22 Å². The van der Waals surface area contributed by atoms with Crippen LogP contribution in [-0.4, -0.2) is 29.1 Å². The zero-order chi connectivity index (χ0) is 14.5. The molecule has 0 aromatic carbocycles. The van der Waals surface area contributed by atoms with Gasteiger partial charge < -0.3 is 9.15 Å². The molecule has 21 heavy (non-hydrogen) atoms. The van der Waals surface area contributed by atoms with Crippen molar-refractivity contribution in [2.24, 2.45) is 0 Å². The molecule has 0 amide bonds. The largest absolute Gasteiger partial charge is 0.448 e. The molecular weight excluding hydrogens is 288 g/mol. The first-order valence-corrected chi connectivity index (χ1v) is 7.65. The molecule has 0 saturated carbocycles. The van der Waals surface area contributed by atoms with E-state index in [0.717, 1.165) is 43.9 Å². The van der Waals surface area contributed by atoms with Crippen LogP contribution in [0.5, 0.6) is 0 Å². The van der Waals surface area contributed by atoms with Crippen molar-refractivity contribution in [3.63, 3.8) is 0 Å².